The highest BCUT2D eigenvalue weighted by Gasteiger charge is 2.25. The zero-order valence-electron chi connectivity index (χ0n) is 20.5. The van der Waals surface area contributed by atoms with E-state index in [1.165, 1.54) is 0 Å². The molecule has 0 radical (unpaired) electrons. The predicted octanol–water partition coefficient (Wildman–Crippen LogP) is 7.43. The molecule has 0 aliphatic carbocycles. The molecule has 1 heterocycles. The van der Waals surface area contributed by atoms with Crippen molar-refractivity contribution in [2.75, 3.05) is 24.7 Å². The molecule has 0 N–H and O–H groups in total. The van der Waals surface area contributed by atoms with Gasteiger partial charge in [-0.2, -0.15) is 0 Å². The van der Waals surface area contributed by atoms with Gasteiger partial charge in [0.1, 0.15) is 12.4 Å². The van der Waals surface area contributed by atoms with E-state index in [9.17, 15) is 4.79 Å². The first-order valence-electron chi connectivity index (χ1n) is 11.9. The summed E-state index contributed by atoms with van der Waals surface area (Å²) in [5, 5.41) is 0. The van der Waals surface area contributed by atoms with Gasteiger partial charge in [0.2, 0.25) is 0 Å². The Morgan fingerprint density at radius 3 is 2.11 bits per heavy atom. The average Bonchev–Trinajstić information content (AvgIpc) is 2.83. The smallest absolute Gasteiger partial charge is 0.335 e. The van der Waals surface area contributed by atoms with E-state index in [1.807, 2.05) is 81.4 Å². The number of anilines is 2. The fourth-order valence-corrected chi connectivity index (χ4v) is 4.67. The molecule has 1 atom stereocenters. The van der Waals surface area contributed by atoms with Crippen LogP contribution in [0.4, 0.5) is 11.4 Å². The third-order valence-electron chi connectivity index (χ3n) is 5.56. The Morgan fingerprint density at radius 2 is 1.56 bits per heavy atom. The van der Waals surface area contributed by atoms with Crippen molar-refractivity contribution in [3.63, 3.8) is 0 Å². The molecule has 0 unspecified atom stereocenters. The molecule has 6 nitrogen and oxygen atoms in total. The van der Waals surface area contributed by atoms with Gasteiger partial charge in [-0.05, 0) is 74.9 Å². The van der Waals surface area contributed by atoms with Crippen LogP contribution in [0.25, 0.3) is 0 Å². The molecular formula is C28H29Br2NO5. The minimum absolute atomic E-state index is 0.176. The molecule has 0 fully saturated rings. The Morgan fingerprint density at radius 1 is 0.944 bits per heavy atom. The molecular weight excluding hydrogens is 590 g/mol. The monoisotopic (exact) mass is 617 g/mol. The molecule has 8 heteroatoms. The summed E-state index contributed by atoms with van der Waals surface area (Å²) in [6.45, 7) is 7.10. The fraction of sp³-hybridized carbons (Fsp3) is 0.321. The minimum Gasteiger partial charge on any atom is -0.492 e. The summed E-state index contributed by atoms with van der Waals surface area (Å²) in [5.74, 6) is 2.01. The van der Waals surface area contributed by atoms with Crippen LogP contribution in [-0.4, -0.2) is 37.9 Å². The number of ether oxygens (including phenoxy) is 4. The Bertz CT molecular complexity index is 1150. The van der Waals surface area contributed by atoms with Crippen molar-refractivity contribution < 1.29 is 23.7 Å². The zero-order valence-corrected chi connectivity index (χ0v) is 23.7. The largest absolute Gasteiger partial charge is 0.492 e. The lowest BCUT2D eigenvalue weighted by atomic mass is 10.1. The number of fused-ring (bicyclic) bond motifs is 2. The molecule has 3 aromatic rings. The van der Waals surface area contributed by atoms with Crippen molar-refractivity contribution in [3.8, 4) is 17.2 Å². The number of carbonyl (C=O) groups excluding carboxylic acids is 1. The average molecular weight is 619 g/mol. The molecule has 1 aliphatic heterocycles. The number of hydrogen-bond acceptors (Lipinski definition) is 6. The first-order chi connectivity index (χ1) is 17.3. The van der Waals surface area contributed by atoms with Crippen molar-refractivity contribution in [3.05, 3.63) is 75.2 Å². The van der Waals surface area contributed by atoms with Gasteiger partial charge in [0.15, 0.2) is 17.6 Å². The van der Waals surface area contributed by atoms with Crippen LogP contribution in [0.1, 0.15) is 26.3 Å². The quantitative estimate of drug-likeness (QED) is 0.220. The normalized spacial score (nSPS) is 13.0. The molecule has 0 saturated heterocycles. The van der Waals surface area contributed by atoms with Crippen LogP contribution < -0.4 is 14.4 Å². The van der Waals surface area contributed by atoms with Crippen LogP contribution in [0.2, 0.25) is 0 Å². The predicted molar refractivity (Wildman–Crippen MR) is 148 cm³/mol. The van der Waals surface area contributed by atoms with Gasteiger partial charge in [0, 0.05) is 22.0 Å². The second kappa shape index (κ2) is 12.1. The lowest BCUT2D eigenvalue weighted by Crippen LogP contribution is -2.30. The molecule has 0 spiro atoms. The molecule has 3 aromatic carbocycles. The van der Waals surface area contributed by atoms with E-state index in [2.05, 4.69) is 36.8 Å². The van der Waals surface area contributed by atoms with Crippen molar-refractivity contribution in [2.24, 2.45) is 0 Å². The molecule has 190 valence electrons. The summed E-state index contributed by atoms with van der Waals surface area (Å²) in [7, 11) is 0. The van der Waals surface area contributed by atoms with Gasteiger partial charge >= 0.3 is 5.97 Å². The van der Waals surface area contributed by atoms with Crippen molar-refractivity contribution in [2.45, 2.75) is 39.4 Å². The third kappa shape index (κ3) is 6.60. The van der Waals surface area contributed by atoms with Crippen molar-refractivity contribution in [1.29, 1.82) is 0 Å². The molecule has 1 aliphatic rings. The molecule has 0 aromatic heterocycles. The van der Waals surface area contributed by atoms with Gasteiger partial charge in [-0.1, -0.05) is 44.0 Å². The topological polar surface area (TPSA) is 57.2 Å². The summed E-state index contributed by atoms with van der Waals surface area (Å²) >= 11 is 7.06. The maximum absolute atomic E-state index is 12.3. The van der Waals surface area contributed by atoms with E-state index in [1.54, 1.807) is 0 Å². The van der Waals surface area contributed by atoms with E-state index < -0.39 is 6.10 Å². The number of carbonyl (C=O) groups is 1. The van der Waals surface area contributed by atoms with E-state index in [0.717, 1.165) is 43.1 Å². The van der Waals surface area contributed by atoms with Gasteiger partial charge in [-0.25, -0.2) is 4.79 Å². The van der Waals surface area contributed by atoms with Crippen LogP contribution in [0, 0.1) is 0 Å². The molecule has 4 rings (SSSR count). The summed E-state index contributed by atoms with van der Waals surface area (Å²) in [5.41, 5.74) is 2.96. The molecule has 0 amide bonds. The number of halogens is 2. The van der Waals surface area contributed by atoms with Crippen LogP contribution in [0.3, 0.4) is 0 Å². The van der Waals surface area contributed by atoms with E-state index in [-0.39, 0.29) is 12.1 Å². The van der Waals surface area contributed by atoms with Gasteiger partial charge < -0.3 is 23.8 Å². The summed E-state index contributed by atoms with van der Waals surface area (Å²) < 4.78 is 25.1. The highest BCUT2D eigenvalue weighted by atomic mass is 79.9. The number of hydrogen-bond donors (Lipinski definition) is 0. The van der Waals surface area contributed by atoms with Gasteiger partial charge in [0.25, 0.3) is 0 Å². The fourth-order valence-electron chi connectivity index (χ4n) is 3.98. The summed E-state index contributed by atoms with van der Waals surface area (Å²) in [6.07, 6.45) is -0.345. The summed E-state index contributed by atoms with van der Waals surface area (Å²) in [4.78, 5) is 14.5. The minimum atomic E-state index is -0.620. The van der Waals surface area contributed by atoms with Crippen LogP contribution >= 0.6 is 31.9 Å². The second-order valence-electron chi connectivity index (χ2n) is 8.60. The Kier molecular flexibility index (Phi) is 8.93. The third-order valence-corrected chi connectivity index (χ3v) is 6.54. The second-order valence-corrected chi connectivity index (χ2v) is 10.4. The Labute approximate surface area is 228 Å². The lowest BCUT2D eigenvalue weighted by molar-refractivity contribution is -0.160. The number of esters is 1. The van der Waals surface area contributed by atoms with Crippen molar-refractivity contribution in [1.82, 2.24) is 0 Å². The molecule has 0 saturated carbocycles. The molecule has 36 heavy (non-hydrogen) atoms. The number of rotatable bonds is 10. The number of benzene rings is 3. The zero-order chi connectivity index (χ0) is 25.7. The van der Waals surface area contributed by atoms with Gasteiger partial charge in [-0.3, -0.25) is 0 Å². The Balaban J connectivity index is 1.40. The van der Waals surface area contributed by atoms with E-state index in [4.69, 9.17) is 18.9 Å². The SMILES string of the molecule is CCO[C@@H](Cc1ccc(OCCN2c3ccc(Br)cc3Oc3cc(Br)ccc32)cc1)C(=O)OC(C)C. The maximum Gasteiger partial charge on any atom is 0.335 e. The highest BCUT2D eigenvalue weighted by Crippen LogP contribution is 2.48. The van der Waals surface area contributed by atoms with Crippen LogP contribution in [0.5, 0.6) is 17.2 Å². The van der Waals surface area contributed by atoms with Gasteiger partial charge in [0.05, 0.1) is 24.0 Å². The van der Waals surface area contributed by atoms with Gasteiger partial charge in [-0.15, -0.1) is 0 Å². The standard InChI is InChI=1S/C28H29Br2NO5/c1-4-33-27(28(32)35-18(2)3)15-19-5-9-22(10-6-19)34-14-13-31-23-11-7-20(29)16-25(23)36-26-17-21(30)8-12-24(26)31/h5-12,16-18,27H,4,13-15H2,1-3H3/t27-/m0/s1. The van der Waals surface area contributed by atoms with Crippen LogP contribution in [0.15, 0.2) is 69.6 Å². The lowest BCUT2D eigenvalue weighted by Gasteiger charge is -2.33. The maximum atomic E-state index is 12.3. The first kappa shape index (κ1) is 26.5. The molecule has 0 bridgehead atoms. The summed E-state index contributed by atoms with van der Waals surface area (Å²) in [6, 6.07) is 19.8. The van der Waals surface area contributed by atoms with E-state index >= 15 is 0 Å². The van der Waals surface area contributed by atoms with Crippen molar-refractivity contribution >= 4 is 49.2 Å². The highest BCUT2D eigenvalue weighted by molar-refractivity contribution is 9.10. The number of nitrogens with zero attached hydrogens (tertiary/aromatic N) is 1. The van der Waals surface area contributed by atoms with E-state index in [0.29, 0.717) is 26.2 Å². The van der Waals surface area contributed by atoms with Crippen LogP contribution in [-0.2, 0) is 20.7 Å². The Hall–Kier alpha value is -2.55. The first-order valence-corrected chi connectivity index (χ1v) is 13.5.